The fourth-order valence-corrected chi connectivity index (χ4v) is 1.85. The summed E-state index contributed by atoms with van der Waals surface area (Å²) >= 11 is 3.21. The summed E-state index contributed by atoms with van der Waals surface area (Å²) in [5, 5.41) is 3.15. The maximum atomic E-state index is 11.7. The molecule has 0 saturated carbocycles. The van der Waals surface area contributed by atoms with Crippen LogP contribution in [0.3, 0.4) is 0 Å². The van der Waals surface area contributed by atoms with Crippen molar-refractivity contribution < 1.29 is 14.3 Å². The number of halogens is 1. The first kappa shape index (κ1) is 12.4. The van der Waals surface area contributed by atoms with Crippen LogP contribution in [-0.4, -0.2) is 54.9 Å². The van der Waals surface area contributed by atoms with Crippen LogP contribution in [0, 0.1) is 0 Å². The minimum atomic E-state index is -0.477. The maximum Gasteiger partial charge on any atom is 0.244 e. The van der Waals surface area contributed by atoms with Crippen molar-refractivity contribution in [1.82, 2.24) is 10.2 Å². The van der Waals surface area contributed by atoms with Crippen LogP contribution in [0.2, 0.25) is 0 Å². The Bertz CT molecular complexity index is 248. The van der Waals surface area contributed by atoms with Crippen molar-refractivity contribution in [1.29, 1.82) is 0 Å². The zero-order chi connectivity index (χ0) is 11.3. The van der Waals surface area contributed by atoms with Crippen LogP contribution in [0.4, 0.5) is 0 Å². The van der Waals surface area contributed by atoms with Gasteiger partial charge in [-0.05, 0) is 0 Å². The number of ether oxygens (including phenoxy) is 1. The summed E-state index contributed by atoms with van der Waals surface area (Å²) in [6.45, 7) is 1.28. The van der Waals surface area contributed by atoms with E-state index >= 15 is 0 Å². The highest BCUT2D eigenvalue weighted by molar-refractivity contribution is 9.09. The first-order valence-corrected chi connectivity index (χ1v) is 5.97. The monoisotopic (exact) mass is 278 g/mol. The molecule has 0 aliphatic carbocycles. The fraction of sp³-hybridized carbons (Fsp3) is 0.778. The molecule has 0 radical (unpaired) electrons. The van der Waals surface area contributed by atoms with Gasteiger partial charge in [0, 0.05) is 25.3 Å². The largest absolute Gasteiger partial charge is 0.377 e. The number of likely N-dealkylation sites (N-methyl/N-ethyl adjacent to an activating group) is 1. The lowest BCUT2D eigenvalue weighted by atomic mass is 10.2. The van der Waals surface area contributed by atoms with Gasteiger partial charge in [0.2, 0.25) is 11.8 Å². The van der Waals surface area contributed by atoms with E-state index in [9.17, 15) is 9.59 Å². The van der Waals surface area contributed by atoms with Crippen molar-refractivity contribution in [2.45, 2.75) is 12.5 Å². The van der Waals surface area contributed by atoms with E-state index in [2.05, 4.69) is 21.2 Å². The molecule has 15 heavy (non-hydrogen) atoms. The van der Waals surface area contributed by atoms with E-state index in [4.69, 9.17) is 4.74 Å². The molecular formula is C9H15BrN2O3. The zero-order valence-electron chi connectivity index (χ0n) is 8.66. The Hall–Kier alpha value is -0.620. The molecule has 2 amide bonds. The van der Waals surface area contributed by atoms with Gasteiger partial charge >= 0.3 is 0 Å². The molecule has 1 atom stereocenters. The average molecular weight is 279 g/mol. The van der Waals surface area contributed by atoms with Gasteiger partial charge in [-0.2, -0.15) is 0 Å². The minimum absolute atomic E-state index is 0.0104. The molecule has 0 spiro atoms. The molecule has 1 heterocycles. The van der Waals surface area contributed by atoms with Crippen molar-refractivity contribution in [3.8, 4) is 0 Å². The minimum Gasteiger partial charge on any atom is -0.377 e. The summed E-state index contributed by atoms with van der Waals surface area (Å²) in [5.41, 5.74) is 0. The Balaban J connectivity index is 2.65. The fourth-order valence-electron chi connectivity index (χ4n) is 1.51. The Kier molecular flexibility index (Phi) is 5.04. The molecule has 6 heteroatoms. The van der Waals surface area contributed by atoms with E-state index in [1.54, 1.807) is 11.9 Å². The van der Waals surface area contributed by atoms with Gasteiger partial charge in [0.05, 0.1) is 13.2 Å². The van der Waals surface area contributed by atoms with Crippen LogP contribution >= 0.6 is 15.9 Å². The van der Waals surface area contributed by atoms with Crippen LogP contribution in [0.15, 0.2) is 0 Å². The second-order valence-electron chi connectivity index (χ2n) is 3.23. The summed E-state index contributed by atoms with van der Waals surface area (Å²) in [7, 11) is 1.56. The molecule has 1 aliphatic heterocycles. The van der Waals surface area contributed by atoms with Crippen LogP contribution in [-0.2, 0) is 14.3 Å². The van der Waals surface area contributed by atoms with Crippen molar-refractivity contribution in [2.24, 2.45) is 0 Å². The number of carbonyl (C=O) groups is 2. The van der Waals surface area contributed by atoms with Crippen LogP contribution in [0.1, 0.15) is 6.42 Å². The Morgan fingerprint density at radius 2 is 2.33 bits per heavy atom. The van der Waals surface area contributed by atoms with E-state index in [1.807, 2.05) is 0 Å². The van der Waals surface area contributed by atoms with E-state index in [0.717, 1.165) is 0 Å². The molecule has 86 valence electrons. The number of carbonyl (C=O) groups excluding carboxylic acids is 2. The predicted octanol–water partition coefficient (Wildman–Crippen LogP) is -0.255. The highest BCUT2D eigenvalue weighted by Crippen LogP contribution is 2.09. The third-order valence-electron chi connectivity index (χ3n) is 2.31. The molecule has 5 nitrogen and oxygen atoms in total. The lowest BCUT2D eigenvalue weighted by Gasteiger charge is -2.34. The van der Waals surface area contributed by atoms with Crippen molar-refractivity contribution in [2.75, 3.05) is 32.1 Å². The summed E-state index contributed by atoms with van der Waals surface area (Å²) in [6.07, 6.45) is 0.410. The number of alkyl halides is 1. The van der Waals surface area contributed by atoms with Gasteiger partial charge in [-0.25, -0.2) is 0 Å². The van der Waals surface area contributed by atoms with Gasteiger partial charge in [0.25, 0.3) is 0 Å². The Labute approximate surface area is 97.3 Å². The summed E-state index contributed by atoms with van der Waals surface area (Å²) < 4.78 is 5.20. The first-order valence-electron chi connectivity index (χ1n) is 4.85. The molecule has 1 aliphatic rings. The van der Waals surface area contributed by atoms with Gasteiger partial charge in [-0.3, -0.25) is 9.59 Å². The molecule has 1 rings (SSSR count). The van der Waals surface area contributed by atoms with E-state index in [1.165, 1.54) is 0 Å². The highest BCUT2D eigenvalue weighted by atomic mass is 79.9. The summed E-state index contributed by atoms with van der Waals surface area (Å²) in [5.74, 6) is -0.179. The van der Waals surface area contributed by atoms with Crippen LogP contribution in [0.25, 0.3) is 0 Å². The number of hydrogen-bond acceptors (Lipinski definition) is 3. The number of morpholine rings is 1. The number of amides is 2. The third-order valence-corrected chi connectivity index (χ3v) is 2.70. The molecule has 1 unspecified atom stereocenters. The van der Waals surface area contributed by atoms with Crippen LogP contribution in [0.5, 0.6) is 0 Å². The summed E-state index contributed by atoms with van der Waals surface area (Å²) in [4.78, 5) is 24.8. The number of nitrogens with zero attached hydrogens (tertiary/aromatic N) is 1. The van der Waals surface area contributed by atoms with Gasteiger partial charge in [-0.1, -0.05) is 15.9 Å². The topological polar surface area (TPSA) is 58.6 Å². The van der Waals surface area contributed by atoms with Crippen molar-refractivity contribution in [3.63, 3.8) is 0 Å². The molecule has 0 aromatic heterocycles. The van der Waals surface area contributed by atoms with Gasteiger partial charge in [0.15, 0.2) is 0 Å². The molecule has 1 N–H and O–H groups in total. The quantitative estimate of drug-likeness (QED) is 0.724. The second-order valence-corrected chi connectivity index (χ2v) is 4.02. The lowest BCUT2D eigenvalue weighted by Crippen LogP contribution is -2.55. The molecule has 0 bridgehead atoms. The second kappa shape index (κ2) is 6.07. The highest BCUT2D eigenvalue weighted by Gasteiger charge is 2.31. The molecule has 1 fully saturated rings. The average Bonchev–Trinajstić information content (AvgIpc) is 2.28. The number of rotatable bonds is 3. The van der Waals surface area contributed by atoms with E-state index in [0.29, 0.717) is 24.9 Å². The summed E-state index contributed by atoms with van der Waals surface area (Å²) in [6, 6.07) is -0.477. The molecule has 0 aromatic carbocycles. The SMILES string of the molecule is CNC(=O)C1COCCN1C(=O)CCBr. The molecule has 0 aromatic rings. The van der Waals surface area contributed by atoms with E-state index in [-0.39, 0.29) is 18.4 Å². The van der Waals surface area contributed by atoms with Gasteiger partial charge < -0.3 is 15.0 Å². The van der Waals surface area contributed by atoms with Gasteiger partial charge in [-0.15, -0.1) is 0 Å². The van der Waals surface area contributed by atoms with Crippen molar-refractivity contribution >= 4 is 27.7 Å². The smallest absolute Gasteiger partial charge is 0.244 e. The normalized spacial score (nSPS) is 21.2. The standard InChI is InChI=1S/C9H15BrN2O3/c1-11-9(14)7-6-15-5-4-12(7)8(13)2-3-10/h7H,2-6H2,1H3,(H,11,14). The van der Waals surface area contributed by atoms with Gasteiger partial charge in [0.1, 0.15) is 6.04 Å². The lowest BCUT2D eigenvalue weighted by molar-refractivity contribution is -0.147. The number of hydrogen-bond donors (Lipinski definition) is 1. The van der Waals surface area contributed by atoms with E-state index < -0.39 is 6.04 Å². The zero-order valence-corrected chi connectivity index (χ0v) is 10.2. The Morgan fingerprint density at radius 3 is 2.93 bits per heavy atom. The predicted molar refractivity (Wildman–Crippen MR) is 58.8 cm³/mol. The van der Waals surface area contributed by atoms with Crippen molar-refractivity contribution in [3.05, 3.63) is 0 Å². The third kappa shape index (κ3) is 3.17. The maximum absolute atomic E-state index is 11.7. The molecular weight excluding hydrogens is 264 g/mol. The Morgan fingerprint density at radius 1 is 1.60 bits per heavy atom. The molecule has 1 saturated heterocycles. The number of nitrogens with one attached hydrogen (secondary N) is 1. The first-order chi connectivity index (χ1) is 7.20. The van der Waals surface area contributed by atoms with Crippen LogP contribution < -0.4 is 5.32 Å².